The Bertz CT molecular complexity index is 938. The van der Waals surface area contributed by atoms with E-state index in [4.69, 9.17) is 33.2 Å². The molecule has 6 heteroatoms. The Labute approximate surface area is 189 Å². The van der Waals surface area contributed by atoms with Crippen molar-refractivity contribution in [1.29, 1.82) is 0 Å². The SMILES string of the molecule is CCN(CC)CCN(CC)c1cnc(-c2ccc(Cl)cc2)c(-c2ccc(Cl)cc2)n1. The molecular weight excluding hydrogens is 415 g/mol. The van der Waals surface area contributed by atoms with Crippen molar-refractivity contribution in [3.8, 4) is 22.5 Å². The van der Waals surface area contributed by atoms with E-state index in [0.717, 1.165) is 61.1 Å². The van der Waals surface area contributed by atoms with E-state index >= 15 is 0 Å². The quantitative estimate of drug-likeness (QED) is 0.389. The summed E-state index contributed by atoms with van der Waals surface area (Å²) in [6.45, 7) is 11.4. The molecule has 0 fully saturated rings. The van der Waals surface area contributed by atoms with Crippen molar-refractivity contribution in [2.24, 2.45) is 0 Å². The number of nitrogens with zero attached hydrogens (tertiary/aromatic N) is 4. The molecule has 2 aromatic carbocycles. The number of aromatic nitrogens is 2. The van der Waals surface area contributed by atoms with Crippen molar-refractivity contribution >= 4 is 29.0 Å². The zero-order chi connectivity index (χ0) is 21.5. The van der Waals surface area contributed by atoms with Crippen molar-refractivity contribution in [1.82, 2.24) is 14.9 Å². The average molecular weight is 443 g/mol. The number of anilines is 1. The van der Waals surface area contributed by atoms with Gasteiger partial charge in [-0.05, 0) is 44.3 Å². The van der Waals surface area contributed by atoms with Gasteiger partial charge in [-0.1, -0.05) is 61.3 Å². The van der Waals surface area contributed by atoms with Gasteiger partial charge in [0.2, 0.25) is 0 Å². The van der Waals surface area contributed by atoms with Crippen LogP contribution in [-0.2, 0) is 0 Å². The Morgan fingerprint density at radius 2 is 1.23 bits per heavy atom. The molecule has 0 aliphatic rings. The Kier molecular flexibility index (Phi) is 8.08. The lowest BCUT2D eigenvalue weighted by Gasteiger charge is -2.26. The fraction of sp³-hybridized carbons (Fsp3) is 0.333. The summed E-state index contributed by atoms with van der Waals surface area (Å²) in [6.07, 6.45) is 1.87. The maximum absolute atomic E-state index is 6.11. The van der Waals surface area contributed by atoms with Crippen LogP contribution >= 0.6 is 23.2 Å². The summed E-state index contributed by atoms with van der Waals surface area (Å²) in [6, 6.07) is 15.4. The molecule has 4 nitrogen and oxygen atoms in total. The molecule has 0 unspecified atom stereocenters. The van der Waals surface area contributed by atoms with Gasteiger partial charge in [-0.15, -0.1) is 0 Å². The Morgan fingerprint density at radius 1 is 0.700 bits per heavy atom. The van der Waals surface area contributed by atoms with Crippen LogP contribution in [0.15, 0.2) is 54.7 Å². The van der Waals surface area contributed by atoms with Crippen molar-refractivity contribution < 1.29 is 0 Å². The number of likely N-dealkylation sites (N-methyl/N-ethyl adjacent to an activating group) is 2. The van der Waals surface area contributed by atoms with E-state index in [2.05, 4.69) is 30.6 Å². The Balaban J connectivity index is 2.01. The van der Waals surface area contributed by atoms with Gasteiger partial charge in [0.05, 0.1) is 17.6 Å². The molecule has 1 heterocycles. The highest BCUT2D eigenvalue weighted by Gasteiger charge is 2.16. The summed E-state index contributed by atoms with van der Waals surface area (Å²) >= 11 is 12.2. The van der Waals surface area contributed by atoms with E-state index in [-0.39, 0.29) is 0 Å². The van der Waals surface area contributed by atoms with E-state index in [1.807, 2.05) is 54.7 Å². The van der Waals surface area contributed by atoms with Gasteiger partial charge in [0.15, 0.2) is 0 Å². The third-order valence-corrected chi connectivity index (χ3v) is 5.79. The van der Waals surface area contributed by atoms with Gasteiger partial charge < -0.3 is 9.80 Å². The molecule has 0 bridgehead atoms. The predicted octanol–water partition coefficient (Wildman–Crippen LogP) is 6.29. The molecule has 1 aromatic heterocycles. The fourth-order valence-electron chi connectivity index (χ4n) is 3.40. The van der Waals surface area contributed by atoms with E-state index in [9.17, 15) is 0 Å². The molecule has 0 saturated heterocycles. The average Bonchev–Trinajstić information content (AvgIpc) is 2.78. The maximum atomic E-state index is 6.11. The molecule has 0 saturated carbocycles. The second kappa shape index (κ2) is 10.8. The fourth-order valence-corrected chi connectivity index (χ4v) is 3.65. The van der Waals surface area contributed by atoms with Crippen LogP contribution in [0.2, 0.25) is 10.0 Å². The Morgan fingerprint density at radius 3 is 1.73 bits per heavy atom. The molecule has 0 aliphatic heterocycles. The van der Waals surface area contributed by atoms with Crippen LogP contribution in [0.5, 0.6) is 0 Å². The first kappa shape index (κ1) is 22.5. The first-order valence-electron chi connectivity index (χ1n) is 10.4. The van der Waals surface area contributed by atoms with E-state index in [0.29, 0.717) is 10.0 Å². The highest BCUT2D eigenvalue weighted by atomic mass is 35.5. The van der Waals surface area contributed by atoms with Gasteiger partial charge in [-0.3, -0.25) is 4.98 Å². The van der Waals surface area contributed by atoms with Crippen molar-refractivity contribution in [2.75, 3.05) is 37.6 Å². The van der Waals surface area contributed by atoms with Crippen LogP contribution < -0.4 is 4.90 Å². The maximum Gasteiger partial charge on any atom is 0.147 e. The van der Waals surface area contributed by atoms with Crippen LogP contribution in [0, 0.1) is 0 Å². The van der Waals surface area contributed by atoms with Gasteiger partial charge in [0, 0.05) is 40.8 Å². The molecule has 3 rings (SSSR count). The molecule has 0 radical (unpaired) electrons. The number of hydrogen-bond acceptors (Lipinski definition) is 4. The summed E-state index contributed by atoms with van der Waals surface area (Å²) < 4.78 is 0. The zero-order valence-electron chi connectivity index (χ0n) is 17.8. The lowest BCUT2D eigenvalue weighted by Crippen LogP contribution is -2.35. The predicted molar refractivity (Wildman–Crippen MR) is 129 cm³/mol. The first-order chi connectivity index (χ1) is 14.5. The Hall–Kier alpha value is -2.14. The molecule has 0 atom stereocenters. The van der Waals surface area contributed by atoms with Crippen LogP contribution in [0.1, 0.15) is 20.8 Å². The third kappa shape index (κ3) is 5.51. The van der Waals surface area contributed by atoms with Crippen LogP contribution in [0.25, 0.3) is 22.5 Å². The van der Waals surface area contributed by atoms with E-state index < -0.39 is 0 Å². The summed E-state index contributed by atoms with van der Waals surface area (Å²) in [5.41, 5.74) is 3.64. The lowest BCUT2D eigenvalue weighted by molar-refractivity contribution is 0.309. The monoisotopic (exact) mass is 442 g/mol. The molecule has 0 amide bonds. The number of halogens is 2. The van der Waals surface area contributed by atoms with E-state index in [1.54, 1.807) is 0 Å². The van der Waals surface area contributed by atoms with Gasteiger partial charge in [-0.2, -0.15) is 0 Å². The molecular formula is C24H28Cl2N4. The third-order valence-electron chi connectivity index (χ3n) is 5.28. The van der Waals surface area contributed by atoms with Crippen molar-refractivity contribution in [3.05, 3.63) is 64.8 Å². The summed E-state index contributed by atoms with van der Waals surface area (Å²) in [4.78, 5) is 14.5. The minimum atomic E-state index is 0.699. The largest absolute Gasteiger partial charge is 0.354 e. The standard InChI is InChI=1S/C24H28Cl2N4/c1-4-29(5-2)15-16-30(6-3)22-17-27-23(18-7-11-20(25)12-8-18)24(28-22)19-9-13-21(26)14-10-19/h7-14,17H,4-6,15-16H2,1-3H3. The summed E-state index contributed by atoms with van der Waals surface area (Å²) in [7, 11) is 0. The minimum Gasteiger partial charge on any atom is -0.354 e. The second-order valence-corrected chi connectivity index (χ2v) is 7.92. The summed E-state index contributed by atoms with van der Waals surface area (Å²) in [5.74, 6) is 0.882. The van der Waals surface area contributed by atoms with E-state index in [1.165, 1.54) is 0 Å². The first-order valence-corrected chi connectivity index (χ1v) is 11.2. The smallest absolute Gasteiger partial charge is 0.147 e. The van der Waals surface area contributed by atoms with Gasteiger partial charge in [0.25, 0.3) is 0 Å². The molecule has 0 aliphatic carbocycles. The topological polar surface area (TPSA) is 32.3 Å². The molecule has 0 spiro atoms. The highest BCUT2D eigenvalue weighted by molar-refractivity contribution is 6.31. The minimum absolute atomic E-state index is 0.699. The molecule has 3 aromatic rings. The van der Waals surface area contributed by atoms with Crippen molar-refractivity contribution in [2.45, 2.75) is 20.8 Å². The zero-order valence-corrected chi connectivity index (χ0v) is 19.3. The number of rotatable bonds is 9. The molecule has 0 N–H and O–H groups in total. The van der Waals surface area contributed by atoms with Crippen LogP contribution in [-0.4, -0.2) is 47.6 Å². The van der Waals surface area contributed by atoms with Crippen LogP contribution in [0.4, 0.5) is 5.82 Å². The molecule has 30 heavy (non-hydrogen) atoms. The van der Waals surface area contributed by atoms with Crippen molar-refractivity contribution in [3.63, 3.8) is 0 Å². The van der Waals surface area contributed by atoms with Crippen LogP contribution in [0.3, 0.4) is 0 Å². The van der Waals surface area contributed by atoms with Gasteiger partial charge in [-0.25, -0.2) is 4.98 Å². The number of hydrogen-bond donors (Lipinski definition) is 0. The molecule has 158 valence electrons. The highest BCUT2D eigenvalue weighted by Crippen LogP contribution is 2.32. The van der Waals surface area contributed by atoms with Gasteiger partial charge >= 0.3 is 0 Å². The number of benzene rings is 2. The normalized spacial score (nSPS) is 11.1. The van der Waals surface area contributed by atoms with Gasteiger partial charge in [0.1, 0.15) is 5.82 Å². The second-order valence-electron chi connectivity index (χ2n) is 7.05. The summed E-state index contributed by atoms with van der Waals surface area (Å²) in [5, 5.41) is 1.40. The lowest BCUT2D eigenvalue weighted by atomic mass is 10.0.